The lowest BCUT2D eigenvalue weighted by Gasteiger charge is -2.08. The minimum atomic E-state index is -0.479. The van der Waals surface area contributed by atoms with Gasteiger partial charge in [-0.05, 0) is 37.3 Å². The molecule has 0 spiro atoms. The standard InChI is InChI=1S/C15H12ClF2N3/c1-9-2-5-13-15(19-9)21(14(7-16)20-13)8-10-6-11(17)3-4-12(10)18/h2-6H,7-8H2,1H3. The summed E-state index contributed by atoms with van der Waals surface area (Å²) in [4.78, 5) is 8.79. The van der Waals surface area contributed by atoms with E-state index in [0.29, 0.717) is 17.0 Å². The van der Waals surface area contributed by atoms with E-state index < -0.39 is 11.6 Å². The molecule has 108 valence electrons. The van der Waals surface area contributed by atoms with E-state index in [1.807, 2.05) is 19.1 Å². The summed E-state index contributed by atoms with van der Waals surface area (Å²) in [5.41, 5.74) is 2.37. The van der Waals surface area contributed by atoms with Crippen molar-refractivity contribution >= 4 is 22.8 Å². The highest BCUT2D eigenvalue weighted by Gasteiger charge is 2.14. The van der Waals surface area contributed by atoms with E-state index in [1.165, 1.54) is 6.07 Å². The molecule has 0 fully saturated rings. The van der Waals surface area contributed by atoms with E-state index in [2.05, 4.69) is 9.97 Å². The fourth-order valence-corrected chi connectivity index (χ4v) is 2.45. The van der Waals surface area contributed by atoms with E-state index in [-0.39, 0.29) is 18.0 Å². The van der Waals surface area contributed by atoms with Crippen molar-refractivity contribution < 1.29 is 8.78 Å². The predicted octanol–water partition coefficient (Wildman–Crippen LogP) is 3.81. The second-order valence-electron chi connectivity index (χ2n) is 4.78. The fourth-order valence-electron chi connectivity index (χ4n) is 2.25. The van der Waals surface area contributed by atoms with E-state index in [0.717, 1.165) is 17.8 Å². The first-order chi connectivity index (χ1) is 10.1. The number of fused-ring (bicyclic) bond motifs is 1. The summed E-state index contributed by atoms with van der Waals surface area (Å²) in [5, 5.41) is 0. The molecule has 0 bridgehead atoms. The summed E-state index contributed by atoms with van der Waals surface area (Å²) in [5.74, 6) is -0.195. The molecule has 0 aliphatic heterocycles. The number of nitrogens with zero attached hydrogens (tertiary/aromatic N) is 3. The third kappa shape index (κ3) is 2.61. The molecule has 0 aliphatic carbocycles. The summed E-state index contributed by atoms with van der Waals surface area (Å²) in [6.45, 7) is 2.00. The lowest BCUT2D eigenvalue weighted by atomic mass is 10.2. The second-order valence-corrected chi connectivity index (χ2v) is 5.05. The Labute approximate surface area is 125 Å². The Morgan fingerprint density at radius 3 is 2.71 bits per heavy atom. The Bertz CT molecular complexity index is 814. The molecule has 0 N–H and O–H groups in total. The zero-order valence-corrected chi connectivity index (χ0v) is 12.0. The van der Waals surface area contributed by atoms with Gasteiger partial charge in [-0.3, -0.25) is 0 Å². The van der Waals surface area contributed by atoms with E-state index >= 15 is 0 Å². The average molecular weight is 308 g/mol. The first kappa shape index (κ1) is 13.9. The normalized spacial score (nSPS) is 11.2. The highest BCUT2D eigenvalue weighted by molar-refractivity contribution is 6.16. The Morgan fingerprint density at radius 2 is 1.95 bits per heavy atom. The first-order valence-electron chi connectivity index (χ1n) is 6.41. The monoisotopic (exact) mass is 307 g/mol. The van der Waals surface area contributed by atoms with Crippen LogP contribution in [0.1, 0.15) is 17.1 Å². The molecule has 0 atom stereocenters. The van der Waals surface area contributed by atoms with Crippen molar-refractivity contribution in [2.24, 2.45) is 0 Å². The van der Waals surface area contributed by atoms with Crippen LogP contribution in [0.4, 0.5) is 8.78 Å². The Morgan fingerprint density at radius 1 is 1.14 bits per heavy atom. The number of aryl methyl sites for hydroxylation is 1. The number of aromatic nitrogens is 3. The van der Waals surface area contributed by atoms with Crippen LogP contribution in [0.2, 0.25) is 0 Å². The van der Waals surface area contributed by atoms with Gasteiger partial charge in [0.25, 0.3) is 0 Å². The number of rotatable bonds is 3. The van der Waals surface area contributed by atoms with Crippen molar-refractivity contribution in [1.29, 1.82) is 0 Å². The van der Waals surface area contributed by atoms with Crippen LogP contribution in [0, 0.1) is 18.6 Å². The third-order valence-corrected chi connectivity index (χ3v) is 3.51. The van der Waals surface area contributed by atoms with Gasteiger partial charge in [0.15, 0.2) is 5.65 Å². The molecule has 3 nitrogen and oxygen atoms in total. The van der Waals surface area contributed by atoms with E-state index in [9.17, 15) is 8.78 Å². The number of hydrogen-bond acceptors (Lipinski definition) is 2. The van der Waals surface area contributed by atoms with Crippen LogP contribution in [0.5, 0.6) is 0 Å². The molecule has 2 aromatic heterocycles. The maximum Gasteiger partial charge on any atom is 0.160 e. The van der Waals surface area contributed by atoms with Crippen LogP contribution in [-0.4, -0.2) is 14.5 Å². The summed E-state index contributed by atoms with van der Waals surface area (Å²) in [7, 11) is 0. The molecule has 0 aliphatic rings. The number of pyridine rings is 1. The maximum absolute atomic E-state index is 13.8. The largest absolute Gasteiger partial charge is 0.307 e. The minimum Gasteiger partial charge on any atom is -0.307 e. The molecular formula is C15H12ClF2N3. The molecule has 0 saturated heterocycles. The van der Waals surface area contributed by atoms with Crippen LogP contribution < -0.4 is 0 Å². The molecule has 3 aromatic rings. The van der Waals surface area contributed by atoms with Gasteiger partial charge >= 0.3 is 0 Å². The van der Waals surface area contributed by atoms with Gasteiger partial charge in [-0.2, -0.15) is 0 Å². The molecule has 6 heteroatoms. The van der Waals surface area contributed by atoms with E-state index in [1.54, 1.807) is 4.57 Å². The quantitative estimate of drug-likeness (QED) is 0.689. The summed E-state index contributed by atoms with van der Waals surface area (Å²) < 4.78 is 28.8. The molecule has 0 radical (unpaired) electrons. The number of benzene rings is 1. The Hall–Kier alpha value is -2.01. The second kappa shape index (κ2) is 5.41. The average Bonchev–Trinajstić information content (AvgIpc) is 2.80. The number of alkyl halides is 1. The van der Waals surface area contributed by atoms with Crippen LogP contribution in [0.15, 0.2) is 30.3 Å². The smallest absolute Gasteiger partial charge is 0.160 e. The van der Waals surface area contributed by atoms with Crippen molar-refractivity contribution in [3.05, 3.63) is 59.0 Å². The summed E-state index contributed by atoms with van der Waals surface area (Å²) >= 11 is 5.90. The highest BCUT2D eigenvalue weighted by atomic mass is 35.5. The number of halogens is 3. The van der Waals surface area contributed by atoms with E-state index in [4.69, 9.17) is 11.6 Å². The molecule has 3 rings (SSSR count). The van der Waals surface area contributed by atoms with Crippen LogP contribution >= 0.6 is 11.6 Å². The maximum atomic E-state index is 13.8. The fraction of sp³-hybridized carbons (Fsp3) is 0.200. The van der Waals surface area contributed by atoms with Crippen LogP contribution in [0.3, 0.4) is 0 Å². The molecule has 0 amide bonds. The van der Waals surface area contributed by atoms with Gasteiger partial charge < -0.3 is 4.57 Å². The van der Waals surface area contributed by atoms with Crippen molar-refractivity contribution in [2.75, 3.05) is 0 Å². The zero-order chi connectivity index (χ0) is 15.0. The number of imidazole rings is 1. The SMILES string of the molecule is Cc1ccc2nc(CCl)n(Cc3cc(F)ccc3F)c2n1. The van der Waals surface area contributed by atoms with Gasteiger partial charge in [-0.15, -0.1) is 11.6 Å². The Kier molecular flexibility index (Phi) is 3.59. The summed E-state index contributed by atoms with van der Waals surface area (Å²) in [6, 6.07) is 7.07. The third-order valence-electron chi connectivity index (χ3n) is 3.27. The van der Waals surface area contributed by atoms with Crippen molar-refractivity contribution in [2.45, 2.75) is 19.3 Å². The molecule has 2 heterocycles. The zero-order valence-electron chi connectivity index (χ0n) is 11.3. The van der Waals surface area contributed by atoms with Crippen LogP contribution in [0.25, 0.3) is 11.2 Å². The molecule has 1 aromatic carbocycles. The van der Waals surface area contributed by atoms with Gasteiger partial charge in [0.1, 0.15) is 23.0 Å². The lowest BCUT2D eigenvalue weighted by molar-refractivity contribution is 0.576. The molecule has 21 heavy (non-hydrogen) atoms. The highest BCUT2D eigenvalue weighted by Crippen LogP contribution is 2.20. The predicted molar refractivity (Wildman–Crippen MR) is 77.3 cm³/mol. The van der Waals surface area contributed by atoms with Gasteiger partial charge in [0.2, 0.25) is 0 Å². The van der Waals surface area contributed by atoms with Gasteiger partial charge in [0.05, 0.1) is 12.4 Å². The van der Waals surface area contributed by atoms with Crippen LogP contribution in [-0.2, 0) is 12.4 Å². The number of hydrogen-bond donors (Lipinski definition) is 0. The Balaban J connectivity index is 2.14. The topological polar surface area (TPSA) is 30.7 Å². The molecule has 0 saturated carbocycles. The van der Waals surface area contributed by atoms with Crippen molar-refractivity contribution in [3.63, 3.8) is 0 Å². The van der Waals surface area contributed by atoms with Crippen molar-refractivity contribution in [3.8, 4) is 0 Å². The van der Waals surface area contributed by atoms with Gasteiger partial charge in [-0.25, -0.2) is 18.7 Å². The van der Waals surface area contributed by atoms with Gasteiger partial charge in [0, 0.05) is 11.3 Å². The molecule has 0 unspecified atom stereocenters. The molecular weight excluding hydrogens is 296 g/mol. The first-order valence-corrected chi connectivity index (χ1v) is 6.94. The van der Waals surface area contributed by atoms with Gasteiger partial charge in [-0.1, -0.05) is 0 Å². The van der Waals surface area contributed by atoms with Crippen molar-refractivity contribution in [1.82, 2.24) is 14.5 Å². The summed E-state index contributed by atoms with van der Waals surface area (Å²) in [6.07, 6.45) is 0. The minimum absolute atomic E-state index is 0.137. The lowest BCUT2D eigenvalue weighted by Crippen LogP contribution is -2.07.